The summed E-state index contributed by atoms with van der Waals surface area (Å²) in [6.45, 7) is 4.35. The van der Waals surface area contributed by atoms with Crippen molar-refractivity contribution in [3.05, 3.63) is 52.0 Å². The van der Waals surface area contributed by atoms with Gasteiger partial charge >= 0.3 is 6.03 Å². The Morgan fingerprint density at radius 3 is 2.68 bits per heavy atom. The number of nitrogens with zero attached hydrogens (tertiary/aromatic N) is 1. The summed E-state index contributed by atoms with van der Waals surface area (Å²) in [6, 6.07) is 8.72. The fraction of sp³-hybridized carbons (Fsp3) is 0.375. The Bertz CT molecular complexity index is 600. The molecule has 0 saturated heterocycles. The summed E-state index contributed by atoms with van der Waals surface area (Å²) in [5.74, 6) is 0.161. The molecule has 0 bridgehead atoms. The van der Waals surface area contributed by atoms with Crippen LogP contribution in [0.1, 0.15) is 35.1 Å². The molecule has 0 fully saturated rings. The molecule has 0 spiro atoms. The molecule has 118 valence electrons. The zero-order chi connectivity index (χ0) is 15.9. The zero-order valence-electron chi connectivity index (χ0n) is 12.7. The Hall–Kier alpha value is -1.92. The minimum absolute atomic E-state index is 0.140. The first-order chi connectivity index (χ1) is 10.6. The maximum Gasteiger partial charge on any atom is 0.315 e. The lowest BCUT2D eigenvalue weighted by Crippen LogP contribution is -2.40. The number of urea groups is 1. The predicted octanol–water partition coefficient (Wildman–Crippen LogP) is 2.59. The van der Waals surface area contributed by atoms with Crippen LogP contribution in [0.25, 0.3) is 0 Å². The van der Waals surface area contributed by atoms with E-state index >= 15 is 0 Å². The van der Waals surface area contributed by atoms with E-state index in [1.54, 1.807) is 11.3 Å². The molecule has 3 N–H and O–H groups in total. The number of benzene rings is 1. The van der Waals surface area contributed by atoms with Crippen molar-refractivity contribution in [1.29, 1.82) is 0 Å². The number of hydrogen-bond donors (Lipinski definition) is 3. The monoisotopic (exact) mass is 319 g/mol. The first-order valence-electron chi connectivity index (χ1n) is 7.22. The van der Waals surface area contributed by atoms with Crippen molar-refractivity contribution in [3.63, 3.8) is 0 Å². The maximum atomic E-state index is 12.0. The van der Waals surface area contributed by atoms with Crippen LogP contribution in [-0.2, 0) is 0 Å². The van der Waals surface area contributed by atoms with Gasteiger partial charge in [-0.2, -0.15) is 0 Å². The highest BCUT2D eigenvalue weighted by Gasteiger charge is 2.15. The normalized spacial score (nSPS) is 13.4. The number of carbonyl (C=O) groups excluding carboxylic acids is 1. The lowest BCUT2D eigenvalue weighted by atomic mass is 10.1. The van der Waals surface area contributed by atoms with E-state index in [1.165, 1.54) is 0 Å². The molecule has 6 heteroatoms. The van der Waals surface area contributed by atoms with Crippen molar-refractivity contribution in [2.45, 2.75) is 25.8 Å². The first-order valence-corrected chi connectivity index (χ1v) is 8.10. The third kappa shape index (κ3) is 4.54. The Morgan fingerprint density at radius 2 is 2.09 bits per heavy atom. The van der Waals surface area contributed by atoms with Crippen LogP contribution in [0.4, 0.5) is 4.79 Å². The Kier molecular flexibility index (Phi) is 5.91. The van der Waals surface area contributed by atoms with Gasteiger partial charge in [-0.15, -0.1) is 11.3 Å². The van der Waals surface area contributed by atoms with E-state index in [0.717, 1.165) is 16.3 Å². The van der Waals surface area contributed by atoms with E-state index in [4.69, 9.17) is 0 Å². The minimum atomic E-state index is -0.404. The number of hydrogen-bond acceptors (Lipinski definition) is 4. The molecule has 0 saturated carbocycles. The molecule has 2 aromatic rings. The van der Waals surface area contributed by atoms with E-state index in [1.807, 2.05) is 49.6 Å². The van der Waals surface area contributed by atoms with Gasteiger partial charge in [0.25, 0.3) is 0 Å². The zero-order valence-corrected chi connectivity index (χ0v) is 13.6. The van der Waals surface area contributed by atoms with Crippen LogP contribution in [0.15, 0.2) is 35.7 Å². The number of aliphatic hydroxyl groups is 1. The van der Waals surface area contributed by atoms with Crippen molar-refractivity contribution < 1.29 is 9.90 Å². The predicted molar refractivity (Wildman–Crippen MR) is 88.1 cm³/mol. The molecule has 1 aromatic heterocycles. The van der Waals surface area contributed by atoms with Crippen LogP contribution in [0.3, 0.4) is 0 Å². The van der Waals surface area contributed by atoms with Crippen LogP contribution < -0.4 is 10.6 Å². The van der Waals surface area contributed by atoms with E-state index < -0.39 is 6.04 Å². The Morgan fingerprint density at radius 1 is 1.36 bits per heavy atom. The number of thiazole rings is 1. The third-order valence-corrected chi connectivity index (χ3v) is 4.51. The standard InChI is InChI=1S/C16H21N3O2S/c1-11(15-18-12(2)10-22-15)8-17-16(21)19-14(9-20)13-6-4-3-5-7-13/h3-7,10-11,14,20H,8-9H2,1-2H3,(H2,17,19,21)/t11?,14-/m1/s1. The molecule has 0 aliphatic heterocycles. The topological polar surface area (TPSA) is 74.2 Å². The lowest BCUT2D eigenvalue weighted by Gasteiger charge is -2.18. The molecule has 2 rings (SSSR count). The molecule has 0 aliphatic carbocycles. The second kappa shape index (κ2) is 7.91. The van der Waals surface area contributed by atoms with E-state index in [9.17, 15) is 9.90 Å². The van der Waals surface area contributed by atoms with Gasteiger partial charge in [0.05, 0.1) is 17.7 Å². The van der Waals surface area contributed by atoms with Gasteiger partial charge in [-0.3, -0.25) is 0 Å². The quantitative estimate of drug-likeness (QED) is 0.766. The molecule has 5 nitrogen and oxygen atoms in total. The van der Waals surface area contributed by atoms with Crippen molar-refractivity contribution in [2.75, 3.05) is 13.2 Å². The number of nitrogens with one attached hydrogen (secondary N) is 2. The highest BCUT2D eigenvalue weighted by atomic mass is 32.1. The van der Waals surface area contributed by atoms with E-state index in [-0.39, 0.29) is 18.6 Å². The van der Waals surface area contributed by atoms with Gasteiger partial charge in [-0.05, 0) is 12.5 Å². The van der Waals surface area contributed by atoms with E-state index in [2.05, 4.69) is 15.6 Å². The number of aryl methyl sites for hydroxylation is 1. The van der Waals surface area contributed by atoms with Gasteiger partial charge in [-0.1, -0.05) is 37.3 Å². The van der Waals surface area contributed by atoms with Gasteiger partial charge in [0.2, 0.25) is 0 Å². The molecule has 22 heavy (non-hydrogen) atoms. The largest absolute Gasteiger partial charge is 0.394 e. The van der Waals surface area contributed by atoms with Gasteiger partial charge in [-0.25, -0.2) is 9.78 Å². The SMILES string of the molecule is Cc1csc(C(C)CNC(=O)N[C@H](CO)c2ccccc2)n1. The molecule has 0 radical (unpaired) electrons. The summed E-state index contributed by atoms with van der Waals surface area (Å²) in [5.41, 5.74) is 1.88. The summed E-state index contributed by atoms with van der Waals surface area (Å²) in [6.07, 6.45) is 0. The second-order valence-corrected chi connectivity index (χ2v) is 6.12. The van der Waals surface area contributed by atoms with Crippen molar-refractivity contribution in [3.8, 4) is 0 Å². The van der Waals surface area contributed by atoms with Crippen molar-refractivity contribution in [2.24, 2.45) is 0 Å². The molecular weight excluding hydrogens is 298 g/mol. The Balaban J connectivity index is 1.84. The van der Waals surface area contributed by atoms with Crippen LogP contribution in [0.2, 0.25) is 0 Å². The number of carbonyl (C=O) groups is 1. The van der Waals surface area contributed by atoms with Crippen LogP contribution in [0, 0.1) is 6.92 Å². The number of aliphatic hydroxyl groups excluding tert-OH is 1. The summed E-state index contributed by atoms with van der Waals surface area (Å²) in [5, 5.41) is 18.1. The van der Waals surface area contributed by atoms with Crippen molar-refractivity contribution >= 4 is 17.4 Å². The van der Waals surface area contributed by atoms with Crippen LogP contribution in [-0.4, -0.2) is 29.3 Å². The first kappa shape index (κ1) is 16.5. The Labute approximate surface area is 134 Å². The molecule has 2 atom stereocenters. The minimum Gasteiger partial charge on any atom is -0.394 e. The highest BCUT2D eigenvalue weighted by Crippen LogP contribution is 2.19. The second-order valence-electron chi connectivity index (χ2n) is 5.23. The average Bonchev–Trinajstić information content (AvgIpc) is 2.97. The molecular formula is C16H21N3O2S. The summed E-state index contributed by atoms with van der Waals surface area (Å²) in [4.78, 5) is 16.4. The van der Waals surface area contributed by atoms with Crippen molar-refractivity contribution in [1.82, 2.24) is 15.6 Å². The lowest BCUT2D eigenvalue weighted by molar-refractivity contribution is 0.216. The van der Waals surface area contributed by atoms with E-state index in [0.29, 0.717) is 6.54 Å². The fourth-order valence-electron chi connectivity index (χ4n) is 2.06. The fourth-order valence-corrected chi connectivity index (χ4v) is 2.92. The number of amides is 2. The molecule has 2 amide bonds. The van der Waals surface area contributed by atoms with Gasteiger partial charge in [0, 0.05) is 23.5 Å². The summed E-state index contributed by atoms with van der Waals surface area (Å²) in [7, 11) is 0. The van der Waals surface area contributed by atoms with Gasteiger partial charge < -0.3 is 15.7 Å². The van der Waals surface area contributed by atoms with Gasteiger partial charge in [0.1, 0.15) is 0 Å². The third-order valence-electron chi connectivity index (χ3n) is 3.32. The highest BCUT2D eigenvalue weighted by molar-refractivity contribution is 7.09. The molecule has 0 aliphatic rings. The smallest absolute Gasteiger partial charge is 0.315 e. The number of aromatic nitrogens is 1. The van der Waals surface area contributed by atoms with Gasteiger partial charge in [0.15, 0.2) is 0 Å². The maximum absolute atomic E-state index is 12.0. The molecule has 1 heterocycles. The van der Waals surface area contributed by atoms with Crippen LogP contribution in [0.5, 0.6) is 0 Å². The van der Waals surface area contributed by atoms with Crippen LogP contribution >= 0.6 is 11.3 Å². The average molecular weight is 319 g/mol. The molecule has 1 aromatic carbocycles. The number of rotatable bonds is 6. The molecule has 1 unspecified atom stereocenters. The summed E-state index contributed by atoms with van der Waals surface area (Å²) >= 11 is 1.60. The summed E-state index contributed by atoms with van der Waals surface area (Å²) < 4.78 is 0.